The van der Waals surface area contributed by atoms with Crippen LogP contribution in [0.25, 0.3) is 0 Å². The standard InChI is InChI=1S/C19H19N9O6S/c1-34-22-7-12(30)28(19-23-18(21)24-25-19)16-10(8-26-4-2-9(3-5-26)15(20)31)14(17(32)33)27-11(29)6-13(27)35-16/h2-5,7,13,16,21H,6,8,20H2,1H3,(H2,31,32,33)/p+1/t13-,16?/m0/s1. The summed E-state index contributed by atoms with van der Waals surface area (Å²) in [6, 6.07) is 2.94. The van der Waals surface area contributed by atoms with Crippen LogP contribution >= 0.6 is 11.8 Å². The fraction of sp³-hybridized carbons (Fsp3) is 0.263. The summed E-state index contributed by atoms with van der Waals surface area (Å²) in [4.78, 5) is 60.1. The highest BCUT2D eigenvalue weighted by atomic mass is 32.2. The second-order valence-corrected chi connectivity index (χ2v) is 8.62. The molecule has 0 aliphatic carbocycles. The van der Waals surface area contributed by atoms with E-state index in [1.807, 2.05) is 0 Å². The molecule has 35 heavy (non-hydrogen) atoms. The van der Waals surface area contributed by atoms with Crippen LogP contribution in [0.15, 0.2) is 41.0 Å². The number of nitrogens with one attached hydrogen (secondary N) is 1. The summed E-state index contributed by atoms with van der Waals surface area (Å²) < 4.78 is 1.58. The Kier molecular flexibility index (Phi) is 6.37. The van der Waals surface area contributed by atoms with E-state index in [0.29, 0.717) is 0 Å². The van der Waals surface area contributed by atoms with Crippen molar-refractivity contribution in [2.45, 2.75) is 23.7 Å². The number of pyridine rings is 1. The van der Waals surface area contributed by atoms with Gasteiger partial charge in [0.25, 0.3) is 11.9 Å². The lowest BCUT2D eigenvalue weighted by atomic mass is 10.1. The van der Waals surface area contributed by atoms with Gasteiger partial charge in [0.2, 0.25) is 17.8 Å². The quantitative estimate of drug-likeness (QED) is 0.140. The lowest BCUT2D eigenvalue weighted by molar-refractivity contribution is -0.689. The third-order valence-electron chi connectivity index (χ3n) is 5.21. The van der Waals surface area contributed by atoms with Crippen LogP contribution in [-0.4, -0.2) is 73.0 Å². The van der Waals surface area contributed by atoms with Crippen molar-refractivity contribution in [1.82, 2.24) is 20.1 Å². The van der Waals surface area contributed by atoms with E-state index in [4.69, 9.17) is 11.5 Å². The predicted octanol–water partition coefficient (Wildman–Crippen LogP) is -1.59. The summed E-state index contributed by atoms with van der Waals surface area (Å²) in [5.74, 6) is -3.22. The van der Waals surface area contributed by atoms with E-state index >= 15 is 0 Å². The van der Waals surface area contributed by atoms with E-state index in [1.165, 1.54) is 48.3 Å². The molecule has 0 saturated carbocycles. The highest BCUT2D eigenvalue weighted by Crippen LogP contribution is 2.45. The van der Waals surface area contributed by atoms with Gasteiger partial charge in [-0.15, -0.1) is 16.9 Å². The van der Waals surface area contributed by atoms with Crippen molar-refractivity contribution < 1.29 is 33.7 Å². The number of amides is 3. The molecule has 3 amide bonds. The van der Waals surface area contributed by atoms with Gasteiger partial charge in [-0.2, -0.15) is 4.98 Å². The molecular formula is C19H20N9O6S+. The Morgan fingerprint density at radius 1 is 1.43 bits per heavy atom. The number of rotatable bonds is 8. The van der Waals surface area contributed by atoms with Crippen LogP contribution in [0.3, 0.4) is 0 Å². The number of aromatic amines is 1. The van der Waals surface area contributed by atoms with Crippen LogP contribution in [0.2, 0.25) is 0 Å². The zero-order chi connectivity index (χ0) is 25.3. The van der Waals surface area contributed by atoms with Crippen molar-refractivity contribution in [3.05, 3.63) is 41.4 Å². The number of hydrogen-bond donors (Lipinski definition) is 4. The number of aliphatic carboxylic acids is 1. The van der Waals surface area contributed by atoms with Gasteiger partial charge in [-0.3, -0.25) is 24.2 Å². The van der Waals surface area contributed by atoms with Gasteiger partial charge < -0.3 is 21.4 Å². The second kappa shape index (κ2) is 9.41. The number of aromatic nitrogens is 4. The van der Waals surface area contributed by atoms with E-state index in [1.54, 1.807) is 4.57 Å². The number of fused-ring (bicyclic) bond motifs is 1. The third kappa shape index (κ3) is 4.50. The van der Waals surface area contributed by atoms with Crippen LogP contribution in [0.1, 0.15) is 16.8 Å². The Hall–Kier alpha value is -4.47. The number of thioether (sulfide) groups is 1. The molecule has 2 aliphatic heterocycles. The zero-order valence-electron chi connectivity index (χ0n) is 18.2. The van der Waals surface area contributed by atoms with E-state index in [-0.39, 0.29) is 47.6 Å². The Morgan fingerprint density at radius 2 is 2.14 bits per heavy atom. The van der Waals surface area contributed by atoms with E-state index in [0.717, 1.165) is 11.1 Å². The number of H-pyrrole nitrogens is 1. The maximum atomic E-state index is 13.1. The molecule has 6 N–H and O–H groups in total. The first-order chi connectivity index (χ1) is 16.7. The monoisotopic (exact) mass is 502 g/mol. The highest BCUT2D eigenvalue weighted by Gasteiger charge is 2.52. The number of carboxylic acid groups (broad SMARTS) is 1. The minimum Gasteiger partial charge on any atom is -0.477 e. The smallest absolute Gasteiger partial charge is 0.352 e. The van der Waals surface area contributed by atoms with Crippen LogP contribution < -0.4 is 20.9 Å². The fourth-order valence-electron chi connectivity index (χ4n) is 3.65. The number of primary amides is 1. The highest BCUT2D eigenvalue weighted by molar-refractivity contribution is 8.01. The SMILES string of the molecule is CON=CC(=O)N(c1n[nH]c(N)n1)C1S[C@H]2CC(=O)N2C(C(=O)O)=C1C[n+]1ccc(C(N)=O)cc1. The third-order valence-corrected chi connectivity index (χ3v) is 6.66. The first-order valence-corrected chi connectivity index (χ1v) is 11.0. The molecule has 0 spiro atoms. The Bertz CT molecular complexity index is 1260. The Labute approximate surface area is 201 Å². The number of nitrogens with two attached hydrogens (primary N) is 2. The average molecular weight is 502 g/mol. The Balaban J connectivity index is 1.84. The summed E-state index contributed by atoms with van der Waals surface area (Å²) >= 11 is 1.18. The van der Waals surface area contributed by atoms with Crippen molar-refractivity contribution in [3.63, 3.8) is 0 Å². The number of nitrogen functional groups attached to an aromatic ring is 1. The van der Waals surface area contributed by atoms with Gasteiger partial charge in [0.05, 0.1) is 22.9 Å². The van der Waals surface area contributed by atoms with Gasteiger partial charge in [-0.05, 0) is 0 Å². The lowest BCUT2D eigenvalue weighted by Crippen LogP contribution is -2.59. The molecule has 2 aromatic heterocycles. The molecule has 1 saturated heterocycles. The van der Waals surface area contributed by atoms with E-state index in [2.05, 4.69) is 25.2 Å². The molecule has 1 unspecified atom stereocenters. The molecule has 2 atom stereocenters. The predicted molar refractivity (Wildman–Crippen MR) is 120 cm³/mol. The normalized spacial score (nSPS) is 19.3. The molecular weight excluding hydrogens is 482 g/mol. The summed E-state index contributed by atoms with van der Waals surface area (Å²) in [7, 11) is 1.26. The largest absolute Gasteiger partial charge is 0.477 e. The number of anilines is 2. The van der Waals surface area contributed by atoms with Gasteiger partial charge in [0.15, 0.2) is 18.9 Å². The number of carboxylic acids is 1. The summed E-state index contributed by atoms with van der Waals surface area (Å²) in [5, 5.41) is 18.5. The van der Waals surface area contributed by atoms with Crippen molar-refractivity contribution in [3.8, 4) is 0 Å². The molecule has 4 rings (SSSR count). The van der Waals surface area contributed by atoms with Gasteiger partial charge in [-0.1, -0.05) is 5.16 Å². The maximum Gasteiger partial charge on any atom is 0.352 e. The van der Waals surface area contributed by atoms with E-state index in [9.17, 15) is 24.3 Å². The van der Waals surface area contributed by atoms with Crippen LogP contribution in [0, 0.1) is 0 Å². The molecule has 2 aliphatic rings. The van der Waals surface area contributed by atoms with Crippen molar-refractivity contribution in [2.75, 3.05) is 17.7 Å². The minimum atomic E-state index is -1.34. The molecule has 15 nitrogen and oxygen atoms in total. The first kappa shape index (κ1) is 23.7. The average Bonchev–Trinajstić information content (AvgIpc) is 3.24. The summed E-state index contributed by atoms with van der Waals surface area (Å²) in [5.41, 5.74) is 11.2. The molecule has 0 bridgehead atoms. The summed E-state index contributed by atoms with van der Waals surface area (Å²) in [6.07, 6.45) is 4.04. The van der Waals surface area contributed by atoms with Crippen molar-refractivity contribution in [2.24, 2.45) is 10.9 Å². The summed E-state index contributed by atoms with van der Waals surface area (Å²) in [6.45, 7) is -0.0556. The van der Waals surface area contributed by atoms with Crippen molar-refractivity contribution >= 4 is 53.6 Å². The fourth-order valence-corrected chi connectivity index (χ4v) is 5.20. The molecule has 0 radical (unpaired) electrons. The van der Waals surface area contributed by atoms with Crippen LogP contribution in [-0.2, 0) is 25.8 Å². The Morgan fingerprint density at radius 3 is 2.69 bits per heavy atom. The van der Waals surface area contributed by atoms with Gasteiger partial charge in [0, 0.05) is 12.1 Å². The van der Waals surface area contributed by atoms with Gasteiger partial charge in [-0.25, -0.2) is 14.5 Å². The van der Waals surface area contributed by atoms with Gasteiger partial charge >= 0.3 is 5.97 Å². The molecule has 4 heterocycles. The molecule has 16 heteroatoms. The number of oxime groups is 1. The van der Waals surface area contributed by atoms with E-state index < -0.39 is 28.5 Å². The molecule has 1 fully saturated rings. The number of β-lactam (4-membered cyclic amide) rings is 1. The minimum absolute atomic E-state index is 0.0556. The molecule has 2 aromatic rings. The lowest BCUT2D eigenvalue weighted by Gasteiger charge is -2.47. The topological polar surface area (TPSA) is 214 Å². The number of hydrogen-bond acceptors (Lipinski definition) is 10. The van der Waals surface area contributed by atoms with Crippen LogP contribution in [0.4, 0.5) is 11.9 Å². The molecule has 0 aromatic carbocycles. The number of nitrogens with zero attached hydrogens (tertiary/aromatic N) is 6. The second-order valence-electron chi connectivity index (χ2n) is 7.36. The maximum absolute atomic E-state index is 13.1. The number of carbonyl (C=O) groups excluding carboxylic acids is 3. The molecule has 182 valence electrons. The first-order valence-electron chi connectivity index (χ1n) is 10.0. The number of carbonyl (C=O) groups is 4. The zero-order valence-corrected chi connectivity index (χ0v) is 19.0. The van der Waals surface area contributed by atoms with Gasteiger partial charge in [0.1, 0.15) is 24.4 Å². The van der Waals surface area contributed by atoms with Crippen molar-refractivity contribution in [1.29, 1.82) is 0 Å². The van der Waals surface area contributed by atoms with Crippen LogP contribution in [0.5, 0.6) is 0 Å².